The third-order valence-corrected chi connectivity index (χ3v) is 4.68. The lowest BCUT2D eigenvalue weighted by Crippen LogP contribution is -2.43. The standard InChI is InChI=1S/C19H17ClFN3O3/c1-4-23-17-13(9-11(24(26)27)10-14(17)20)16(22-19(2,3)18(23)25)12-7-5-6-8-15(12)21/h5-10H,4H2,1-3H3. The number of anilines is 1. The molecule has 0 N–H and O–H groups in total. The molecule has 0 spiro atoms. The first-order valence-corrected chi connectivity index (χ1v) is 8.70. The number of rotatable bonds is 3. The highest BCUT2D eigenvalue weighted by Gasteiger charge is 2.39. The van der Waals surface area contributed by atoms with Gasteiger partial charge in [0.2, 0.25) is 0 Å². The Bertz CT molecular complexity index is 988. The van der Waals surface area contributed by atoms with Crippen LogP contribution >= 0.6 is 11.6 Å². The summed E-state index contributed by atoms with van der Waals surface area (Å²) in [4.78, 5) is 29.7. The van der Waals surface area contributed by atoms with Crippen LogP contribution in [0.5, 0.6) is 0 Å². The minimum absolute atomic E-state index is 0.0381. The van der Waals surface area contributed by atoms with E-state index in [1.54, 1.807) is 26.8 Å². The van der Waals surface area contributed by atoms with Crippen molar-refractivity contribution in [3.63, 3.8) is 0 Å². The van der Waals surface area contributed by atoms with Gasteiger partial charge in [0.25, 0.3) is 11.6 Å². The lowest BCUT2D eigenvalue weighted by atomic mass is 9.98. The number of non-ortho nitro benzene ring substituents is 1. The molecule has 3 rings (SSSR count). The summed E-state index contributed by atoms with van der Waals surface area (Å²) in [5.74, 6) is -0.869. The van der Waals surface area contributed by atoms with Crippen LogP contribution in [0.4, 0.5) is 15.8 Å². The van der Waals surface area contributed by atoms with Crippen molar-refractivity contribution in [1.82, 2.24) is 0 Å². The second-order valence-electron chi connectivity index (χ2n) is 6.63. The van der Waals surface area contributed by atoms with Gasteiger partial charge in [-0.25, -0.2) is 4.39 Å². The summed E-state index contributed by atoms with van der Waals surface area (Å²) in [6, 6.07) is 8.43. The number of hydrogen-bond acceptors (Lipinski definition) is 4. The van der Waals surface area contributed by atoms with Gasteiger partial charge in [0, 0.05) is 29.8 Å². The van der Waals surface area contributed by atoms with Crippen LogP contribution in [0.3, 0.4) is 0 Å². The highest BCUT2D eigenvalue weighted by Crippen LogP contribution is 2.40. The zero-order valence-electron chi connectivity index (χ0n) is 15.0. The number of nitro benzene ring substituents is 1. The minimum Gasteiger partial charge on any atom is -0.308 e. The Morgan fingerprint density at radius 3 is 2.52 bits per heavy atom. The van der Waals surface area contributed by atoms with Crippen LogP contribution in [0, 0.1) is 15.9 Å². The summed E-state index contributed by atoms with van der Waals surface area (Å²) in [6.45, 7) is 5.29. The van der Waals surface area contributed by atoms with E-state index in [-0.39, 0.29) is 40.0 Å². The van der Waals surface area contributed by atoms with Gasteiger partial charge in [-0.2, -0.15) is 0 Å². The molecule has 1 aliphatic heterocycles. The summed E-state index contributed by atoms with van der Waals surface area (Å²) < 4.78 is 14.5. The number of carbonyl (C=O) groups is 1. The van der Waals surface area contributed by atoms with Crippen molar-refractivity contribution in [3.05, 3.63) is 68.5 Å². The third kappa shape index (κ3) is 3.19. The number of benzene rings is 2. The highest BCUT2D eigenvalue weighted by molar-refractivity contribution is 6.36. The molecule has 0 saturated carbocycles. The first kappa shape index (κ1) is 19.0. The number of aliphatic imine (C=N–C) groups is 1. The molecule has 0 aromatic heterocycles. The lowest BCUT2D eigenvalue weighted by Gasteiger charge is -2.27. The van der Waals surface area contributed by atoms with Gasteiger partial charge in [-0.05, 0) is 32.9 Å². The van der Waals surface area contributed by atoms with Crippen LogP contribution in [0.1, 0.15) is 31.9 Å². The van der Waals surface area contributed by atoms with Gasteiger partial charge in [-0.15, -0.1) is 0 Å². The second kappa shape index (κ2) is 6.74. The third-order valence-electron chi connectivity index (χ3n) is 4.39. The number of nitro groups is 1. The number of halogens is 2. The van der Waals surface area contributed by atoms with Crippen LogP contribution in [0.25, 0.3) is 0 Å². The molecular formula is C19H17ClFN3O3. The molecule has 140 valence electrons. The summed E-state index contributed by atoms with van der Waals surface area (Å²) in [6.07, 6.45) is 0. The van der Waals surface area contributed by atoms with Gasteiger partial charge in [0.05, 0.1) is 21.3 Å². The molecule has 6 nitrogen and oxygen atoms in total. The van der Waals surface area contributed by atoms with Gasteiger partial charge in [-0.1, -0.05) is 23.7 Å². The molecule has 0 aliphatic carbocycles. The van der Waals surface area contributed by atoms with Gasteiger partial charge >= 0.3 is 0 Å². The molecule has 0 saturated heterocycles. The first-order valence-electron chi connectivity index (χ1n) is 8.32. The molecule has 0 radical (unpaired) electrons. The van der Waals surface area contributed by atoms with Crippen molar-refractivity contribution < 1.29 is 14.1 Å². The number of benzodiazepines with no additional fused rings is 1. The Morgan fingerprint density at radius 2 is 1.93 bits per heavy atom. The van der Waals surface area contributed by atoms with Crippen molar-refractivity contribution >= 4 is 34.6 Å². The van der Waals surface area contributed by atoms with Crippen LogP contribution < -0.4 is 4.90 Å². The largest absolute Gasteiger partial charge is 0.308 e. The van der Waals surface area contributed by atoms with Crippen LogP contribution in [0.15, 0.2) is 41.4 Å². The molecule has 1 heterocycles. The van der Waals surface area contributed by atoms with Crippen LogP contribution in [-0.2, 0) is 4.79 Å². The average molecular weight is 390 g/mol. The summed E-state index contributed by atoms with van der Waals surface area (Å²) >= 11 is 6.34. The minimum atomic E-state index is -1.20. The van der Waals surface area contributed by atoms with Crippen molar-refractivity contribution in [2.75, 3.05) is 11.4 Å². The Labute approximate surface area is 160 Å². The molecule has 2 aromatic rings. The molecular weight excluding hydrogens is 373 g/mol. The Kier molecular flexibility index (Phi) is 4.73. The number of likely N-dealkylation sites (N-methyl/N-ethyl adjacent to an activating group) is 1. The lowest BCUT2D eigenvalue weighted by molar-refractivity contribution is -0.384. The normalized spacial score (nSPS) is 15.8. The van der Waals surface area contributed by atoms with E-state index in [4.69, 9.17) is 11.6 Å². The molecule has 0 atom stereocenters. The Balaban J connectivity index is 2.44. The smallest absolute Gasteiger partial charge is 0.271 e. The fourth-order valence-corrected chi connectivity index (χ4v) is 3.44. The average Bonchev–Trinajstić information content (AvgIpc) is 2.69. The maximum Gasteiger partial charge on any atom is 0.271 e. The highest BCUT2D eigenvalue weighted by atomic mass is 35.5. The van der Waals surface area contributed by atoms with E-state index in [2.05, 4.69) is 4.99 Å². The maximum atomic E-state index is 14.5. The molecule has 1 aliphatic rings. The molecule has 1 amide bonds. The van der Waals surface area contributed by atoms with Crippen molar-refractivity contribution in [2.24, 2.45) is 4.99 Å². The van der Waals surface area contributed by atoms with Crippen LogP contribution in [0.2, 0.25) is 5.02 Å². The van der Waals surface area contributed by atoms with Gasteiger partial charge in [-0.3, -0.25) is 19.9 Å². The maximum absolute atomic E-state index is 14.5. The van der Waals surface area contributed by atoms with Gasteiger partial charge in [0.15, 0.2) is 0 Å². The van der Waals surface area contributed by atoms with Crippen LogP contribution in [-0.4, -0.2) is 28.6 Å². The Morgan fingerprint density at radius 1 is 1.26 bits per heavy atom. The zero-order valence-corrected chi connectivity index (χ0v) is 15.7. The second-order valence-corrected chi connectivity index (χ2v) is 7.04. The fraction of sp³-hybridized carbons (Fsp3) is 0.263. The predicted octanol–water partition coefficient (Wildman–Crippen LogP) is 4.37. The molecule has 0 unspecified atom stereocenters. The summed E-state index contributed by atoms with van der Waals surface area (Å²) in [5.41, 5.74) is -0.615. The predicted molar refractivity (Wildman–Crippen MR) is 102 cm³/mol. The van der Waals surface area contributed by atoms with E-state index in [0.717, 1.165) is 0 Å². The summed E-state index contributed by atoms with van der Waals surface area (Å²) in [5, 5.41) is 11.4. The molecule has 0 fully saturated rings. The Hall–Kier alpha value is -2.80. The van der Waals surface area contributed by atoms with Gasteiger partial charge in [0.1, 0.15) is 11.4 Å². The number of nitrogens with zero attached hydrogens (tertiary/aromatic N) is 3. The van der Waals surface area contributed by atoms with Crippen molar-refractivity contribution in [3.8, 4) is 0 Å². The van der Waals surface area contributed by atoms with Gasteiger partial charge < -0.3 is 4.90 Å². The molecule has 0 bridgehead atoms. The van der Waals surface area contributed by atoms with E-state index in [1.807, 2.05) is 0 Å². The number of amides is 1. The summed E-state index contributed by atoms with van der Waals surface area (Å²) in [7, 11) is 0. The number of hydrogen-bond donors (Lipinski definition) is 0. The van der Waals surface area contributed by atoms with E-state index in [9.17, 15) is 19.3 Å². The number of fused-ring (bicyclic) bond motifs is 1. The van der Waals surface area contributed by atoms with E-state index >= 15 is 0 Å². The quantitative estimate of drug-likeness (QED) is 0.577. The molecule has 27 heavy (non-hydrogen) atoms. The van der Waals surface area contributed by atoms with E-state index < -0.39 is 16.3 Å². The SMILES string of the molecule is CCN1C(=O)C(C)(C)N=C(c2ccccc2F)c2cc([N+](=O)[O-])cc(Cl)c21. The molecule has 8 heteroatoms. The zero-order chi connectivity index (χ0) is 19.9. The van der Waals surface area contributed by atoms with E-state index in [1.165, 1.54) is 35.2 Å². The first-order chi connectivity index (χ1) is 12.7. The number of carbonyl (C=O) groups excluding carboxylic acids is 1. The van der Waals surface area contributed by atoms with E-state index in [0.29, 0.717) is 5.69 Å². The topological polar surface area (TPSA) is 75.8 Å². The molecule has 2 aromatic carbocycles. The monoisotopic (exact) mass is 389 g/mol. The fourth-order valence-electron chi connectivity index (χ4n) is 3.12. The van der Waals surface area contributed by atoms with Crippen molar-refractivity contribution in [1.29, 1.82) is 0 Å². The van der Waals surface area contributed by atoms with Crippen molar-refractivity contribution in [2.45, 2.75) is 26.3 Å².